The molecule has 3 aromatic carbocycles. The number of nitrogens with one attached hydrogen (secondary N) is 6. The molecule has 250 valence electrons. The molecule has 2 amide bonds. The molecule has 0 spiro atoms. The molecular weight excluding hydrogens is 627 g/mol. The normalized spacial score (nSPS) is 10.8. The third kappa shape index (κ3) is 9.97. The molecule has 4 aromatic rings. The Labute approximate surface area is 285 Å². The quantitative estimate of drug-likeness (QED) is 0.0504. The highest BCUT2D eigenvalue weighted by Gasteiger charge is 2.17. The van der Waals surface area contributed by atoms with Crippen molar-refractivity contribution in [3.63, 3.8) is 0 Å². The molecule has 0 aliphatic rings. The molecule has 0 saturated carbocycles. The van der Waals surface area contributed by atoms with E-state index in [9.17, 15) is 14.4 Å². The number of carbonyl (C=O) groups is 2. The predicted octanol–water partition coefficient (Wildman–Crippen LogP) is 4.21. The second kappa shape index (κ2) is 16.3. The molecule has 0 fully saturated rings. The summed E-state index contributed by atoms with van der Waals surface area (Å²) in [7, 11) is 0. The fourth-order valence-corrected chi connectivity index (χ4v) is 4.78. The lowest BCUT2D eigenvalue weighted by Crippen LogP contribution is -2.38. The average Bonchev–Trinajstić information content (AvgIpc) is 3.05. The summed E-state index contributed by atoms with van der Waals surface area (Å²) in [5, 5.41) is 23.4. The molecule has 0 atom stereocenters. The molecular formula is C35H41N9O3S. The van der Waals surface area contributed by atoms with Gasteiger partial charge in [0.1, 0.15) is 12.4 Å². The number of nitrogens with zero attached hydrogens (tertiary/aromatic N) is 2. The van der Waals surface area contributed by atoms with Crippen LogP contribution in [0, 0.1) is 11.3 Å². The van der Waals surface area contributed by atoms with Crippen LogP contribution in [0.3, 0.4) is 0 Å². The summed E-state index contributed by atoms with van der Waals surface area (Å²) in [6.45, 7) is 7.78. The zero-order valence-electron chi connectivity index (χ0n) is 27.4. The average molecular weight is 668 g/mol. The highest BCUT2D eigenvalue weighted by molar-refractivity contribution is 7.80. The molecule has 0 aliphatic heterocycles. The summed E-state index contributed by atoms with van der Waals surface area (Å²) in [5.74, 6) is -0.574. The molecule has 0 unspecified atom stereocenters. The molecule has 0 aliphatic carbocycles. The Bertz CT molecular complexity index is 1840. The van der Waals surface area contributed by atoms with E-state index in [0.717, 1.165) is 11.1 Å². The lowest BCUT2D eigenvalue weighted by Gasteiger charge is -2.17. The van der Waals surface area contributed by atoms with E-state index in [1.165, 1.54) is 10.8 Å². The molecule has 0 saturated heterocycles. The number of amides is 2. The maximum atomic E-state index is 13.6. The van der Waals surface area contributed by atoms with Gasteiger partial charge in [0, 0.05) is 47.6 Å². The van der Waals surface area contributed by atoms with Crippen molar-refractivity contribution in [1.82, 2.24) is 25.5 Å². The van der Waals surface area contributed by atoms with Crippen LogP contribution in [0.5, 0.6) is 0 Å². The van der Waals surface area contributed by atoms with Crippen LogP contribution in [0.2, 0.25) is 0 Å². The molecule has 8 N–H and O–H groups in total. The number of aromatic nitrogens is 2. The molecule has 12 nitrogen and oxygen atoms in total. The van der Waals surface area contributed by atoms with Gasteiger partial charge in [0.05, 0.1) is 11.9 Å². The Morgan fingerprint density at radius 1 is 0.938 bits per heavy atom. The van der Waals surface area contributed by atoms with Crippen LogP contribution < -0.4 is 37.9 Å². The van der Waals surface area contributed by atoms with Crippen LogP contribution in [-0.2, 0) is 29.2 Å². The second-order valence-corrected chi connectivity index (χ2v) is 12.2. The number of amidine groups is 1. The van der Waals surface area contributed by atoms with E-state index in [2.05, 4.69) is 31.6 Å². The summed E-state index contributed by atoms with van der Waals surface area (Å²) in [4.78, 5) is 43.4. The Morgan fingerprint density at radius 2 is 1.60 bits per heavy atom. The van der Waals surface area contributed by atoms with Gasteiger partial charge in [-0.3, -0.25) is 24.4 Å². The van der Waals surface area contributed by atoms with Gasteiger partial charge < -0.3 is 32.3 Å². The minimum Gasteiger partial charge on any atom is -0.399 e. The molecule has 1 heterocycles. The van der Waals surface area contributed by atoms with Crippen molar-refractivity contribution in [2.45, 2.75) is 53.4 Å². The maximum Gasteiger partial charge on any atom is 0.294 e. The zero-order valence-corrected chi connectivity index (χ0v) is 28.2. The highest BCUT2D eigenvalue weighted by atomic mass is 32.1. The second-order valence-electron chi connectivity index (χ2n) is 11.8. The SMILES string of the molecule is CC(C)Nc1ncc(-c2cc(N)cc(NC(=O)C(C)C)c2)n(CC(=O)NCc2ccc(C(=N)NC(=S)NCc3ccccc3)cc2)c1=O. The fourth-order valence-electron chi connectivity index (χ4n) is 4.60. The van der Waals surface area contributed by atoms with Crippen molar-refractivity contribution < 1.29 is 9.59 Å². The van der Waals surface area contributed by atoms with Gasteiger partial charge in [-0.25, -0.2) is 4.98 Å². The Kier molecular flexibility index (Phi) is 12.0. The standard InChI is InChI=1S/C35H41N9O3S/c1-21(2)33(46)42-28-15-26(14-27(36)16-28)29-19-39-32(41-22(3)4)34(47)44(29)20-30(45)38-17-24-10-12-25(13-11-24)31(37)43-35(48)40-18-23-8-6-5-7-9-23/h5-16,19,21-22H,17-18,20,36H2,1-4H3,(H,38,45)(H,39,41)(H,42,46)(H3,37,40,43,48). The van der Waals surface area contributed by atoms with Crippen molar-refractivity contribution in [2.24, 2.45) is 5.92 Å². The van der Waals surface area contributed by atoms with E-state index in [1.807, 2.05) is 44.2 Å². The number of nitrogens with two attached hydrogens (primary N) is 1. The molecule has 4 rings (SSSR count). The first kappa shape index (κ1) is 35.3. The minimum atomic E-state index is -0.474. The Hall–Kier alpha value is -5.56. The first-order valence-corrected chi connectivity index (χ1v) is 15.9. The van der Waals surface area contributed by atoms with Gasteiger partial charge in [-0.1, -0.05) is 68.4 Å². The lowest BCUT2D eigenvalue weighted by atomic mass is 10.1. The first-order valence-electron chi connectivity index (χ1n) is 15.5. The van der Waals surface area contributed by atoms with Crippen LogP contribution in [0.15, 0.2) is 83.8 Å². The number of anilines is 3. The van der Waals surface area contributed by atoms with E-state index in [0.29, 0.717) is 39.9 Å². The van der Waals surface area contributed by atoms with Crippen molar-refractivity contribution in [1.29, 1.82) is 5.41 Å². The van der Waals surface area contributed by atoms with Gasteiger partial charge in [0.2, 0.25) is 11.8 Å². The van der Waals surface area contributed by atoms with Crippen molar-refractivity contribution in [2.75, 3.05) is 16.4 Å². The van der Waals surface area contributed by atoms with Gasteiger partial charge in [-0.05, 0) is 55.4 Å². The Morgan fingerprint density at radius 3 is 2.27 bits per heavy atom. The van der Waals surface area contributed by atoms with Crippen LogP contribution in [-0.4, -0.2) is 38.4 Å². The zero-order chi connectivity index (χ0) is 34.8. The van der Waals surface area contributed by atoms with E-state index in [-0.39, 0.29) is 42.6 Å². The largest absolute Gasteiger partial charge is 0.399 e. The van der Waals surface area contributed by atoms with Crippen molar-refractivity contribution >= 4 is 52.2 Å². The molecule has 1 aromatic heterocycles. The van der Waals surface area contributed by atoms with E-state index < -0.39 is 11.5 Å². The van der Waals surface area contributed by atoms with E-state index in [1.54, 1.807) is 56.3 Å². The predicted molar refractivity (Wildman–Crippen MR) is 195 cm³/mol. The topological polar surface area (TPSA) is 179 Å². The lowest BCUT2D eigenvalue weighted by molar-refractivity contribution is -0.122. The third-order valence-corrected chi connectivity index (χ3v) is 7.34. The number of nitrogen functional groups attached to an aromatic ring is 1. The molecule has 13 heteroatoms. The van der Waals surface area contributed by atoms with Gasteiger partial charge >= 0.3 is 0 Å². The number of rotatable bonds is 12. The maximum absolute atomic E-state index is 13.6. The number of hydrogen-bond acceptors (Lipinski definition) is 8. The number of hydrogen-bond donors (Lipinski definition) is 7. The number of carbonyl (C=O) groups excluding carboxylic acids is 2. The summed E-state index contributed by atoms with van der Waals surface area (Å²) in [6.07, 6.45) is 1.51. The summed E-state index contributed by atoms with van der Waals surface area (Å²) in [5.41, 5.74) is 9.90. The van der Waals surface area contributed by atoms with E-state index >= 15 is 0 Å². The van der Waals surface area contributed by atoms with Gasteiger partial charge in [-0.2, -0.15) is 0 Å². The summed E-state index contributed by atoms with van der Waals surface area (Å²) >= 11 is 5.33. The van der Waals surface area contributed by atoms with Crippen molar-refractivity contribution in [3.05, 3.63) is 106 Å². The van der Waals surface area contributed by atoms with E-state index in [4.69, 9.17) is 23.4 Å². The highest BCUT2D eigenvalue weighted by Crippen LogP contribution is 2.26. The molecule has 48 heavy (non-hydrogen) atoms. The van der Waals surface area contributed by atoms with Crippen LogP contribution in [0.1, 0.15) is 44.4 Å². The third-order valence-electron chi connectivity index (χ3n) is 7.09. The van der Waals surface area contributed by atoms with Gasteiger partial charge in [0.15, 0.2) is 10.9 Å². The van der Waals surface area contributed by atoms with Gasteiger partial charge in [0.25, 0.3) is 5.56 Å². The van der Waals surface area contributed by atoms with Crippen molar-refractivity contribution in [3.8, 4) is 11.3 Å². The molecule has 0 bridgehead atoms. The van der Waals surface area contributed by atoms with Crippen LogP contribution in [0.4, 0.5) is 17.2 Å². The summed E-state index contributed by atoms with van der Waals surface area (Å²) < 4.78 is 1.33. The van der Waals surface area contributed by atoms with Gasteiger partial charge in [-0.15, -0.1) is 0 Å². The minimum absolute atomic E-state index is 0.0654. The monoisotopic (exact) mass is 667 g/mol. The van der Waals surface area contributed by atoms with Crippen LogP contribution >= 0.6 is 12.2 Å². The number of benzene rings is 3. The van der Waals surface area contributed by atoms with Crippen LogP contribution in [0.25, 0.3) is 11.3 Å². The smallest absolute Gasteiger partial charge is 0.294 e. The first-order chi connectivity index (χ1) is 22.9. The fraction of sp³-hybridized carbons (Fsp3) is 0.257. The Balaban J connectivity index is 1.44. The molecule has 0 radical (unpaired) electrons. The number of thiocarbonyl (C=S) groups is 1. The summed E-state index contributed by atoms with van der Waals surface area (Å²) in [6, 6.07) is 21.9.